The summed E-state index contributed by atoms with van der Waals surface area (Å²) in [7, 11) is -3.24. The normalized spacial score (nSPS) is 24.5. The Bertz CT molecular complexity index is 951. The molecule has 0 saturated carbocycles. The van der Waals surface area contributed by atoms with Crippen molar-refractivity contribution in [2.24, 2.45) is 0 Å². The summed E-state index contributed by atoms with van der Waals surface area (Å²) >= 11 is 0. The third-order valence-corrected chi connectivity index (χ3v) is 6.87. The molecule has 2 aromatic heterocycles. The minimum Gasteiger partial charge on any atom is -0.505 e. The van der Waals surface area contributed by atoms with Gasteiger partial charge in [-0.15, -0.1) is 0 Å². The maximum absolute atomic E-state index is 12.9. The van der Waals surface area contributed by atoms with Crippen molar-refractivity contribution in [1.29, 1.82) is 0 Å². The first kappa shape index (κ1) is 17.9. The Morgan fingerprint density at radius 3 is 2.59 bits per heavy atom. The number of carbonyl (C=O) groups is 1. The Morgan fingerprint density at radius 1 is 1.11 bits per heavy atom. The summed E-state index contributed by atoms with van der Waals surface area (Å²) in [5.74, 6) is -0.659. The second-order valence-corrected chi connectivity index (χ2v) is 9.06. The fraction of sp³-hybridized carbons (Fsp3) is 0.389. The summed E-state index contributed by atoms with van der Waals surface area (Å²) in [6, 6.07) is 6.04. The summed E-state index contributed by atoms with van der Waals surface area (Å²) in [4.78, 5) is 24.6. The Labute approximate surface area is 157 Å². The highest BCUT2D eigenvalue weighted by molar-refractivity contribution is 7.91. The third kappa shape index (κ3) is 3.52. The average Bonchev–Trinajstić information content (AvgIpc) is 2.98. The van der Waals surface area contributed by atoms with Gasteiger partial charge in [0.15, 0.2) is 15.5 Å². The molecule has 0 aromatic carbocycles. The summed E-state index contributed by atoms with van der Waals surface area (Å²) in [6.45, 7) is 1.55. The molecular formula is C18H20N4O4S. The van der Waals surface area contributed by atoms with Gasteiger partial charge in [0.25, 0.3) is 5.91 Å². The zero-order chi connectivity index (χ0) is 19.0. The lowest BCUT2D eigenvalue weighted by atomic mass is 10.0. The molecule has 8 nitrogen and oxygen atoms in total. The number of sulfone groups is 1. The highest BCUT2D eigenvalue weighted by Crippen LogP contribution is 2.30. The van der Waals surface area contributed by atoms with Gasteiger partial charge in [0, 0.05) is 44.3 Å². The molecule has 2 saturated heterocycles. The lowest BCUT2D eigenvalue weighted by Gasteiger charge is -2.43. The number of aromatic hydroxyl groups is 1. The quantitative estimate of drug-likeness (QED) is 0.807. The molecule has 0 spiro atoms. The van der Waals surface area contributed by atoms with Gasteiger partial charge >= 0.3 is 0 Å². The molecule has 2 unspecified atom stereocenters. The summed E-state index contributed by atoms with van der Waals surface area (Å²) < 4.78 is 24.7. The van der Waals surface area contributed by atoms with E-state index in [1.165, 1.54) is 12.3 Å². The van der Waals surface area contributed by atoms with E-state index in [1.807, 2.05) is 12.1 Å². The zero-order valence-corrected chi connectivity index (χ0v) is 15.4. The van der Waals surface area contributed by atoms with Gasteiger partial charge in [0.2, 0.25) is 0 Å². The predicted octanol–water partition coefficient (Wildman–Crippen LogP) is 0.306. The van der Waals surface area contributed by atoms with E-state index >= 15 is 0 Å². The molecule has 2 aromatic rings. The number of pyridine rings is 2. The largest absolute Gasteiger partial charge is 0.505 e. The molecule has 0 bridgehead atoms. The monoisotopic (exact) mass is 388 g/mol. The molecule has 4 rings (SSSR count). The fourth-order valence-corrected chi connectivity index (χ4v) is 5.91. The zero-order valence-electron chi connectivity index (χ0n) is 14.6. The van der Waals surface area contributed by atoms with Gasteiger partial charge < -0.3 is 10.0 Å². The molecule has 9 heteroatoms. The van der Waals surface area contributed by atoms with Crippen LogP contribution >= 0.6 is 0 Å². The fourth-order valence-electron chi connectivity index (χ4n) is 3.89. The van der Waals surface area contributed by atoms with Gasteiger partial charge in [-0.25, -0.2) is 13.4 Å². The van der Waals surface area contributed by atoms with Crippen LogP contribution in [0.2, 0.25) is 0 Å². The van der Waals surface area contributed by atoms with E-state index in [2.05, 4.69) is 14.9 Å². The number of aromatic nitrogens is 2. The van der Waals surface area contributed by atoms with E-state index in [4.69, 9.17) is 0 Å². The standard InChI is InChI=1S/C18H20N4O4S/c23-16-2-1-5-20-17(16)18(24)22-9-8-21(10-13-3-6-19-7-4-13)14-11-27(25,26)12-15(14)22/h1-7,14-15,23H,8-12H2. The number of nitrogens with zero attached hydrogens (tertiary/aromatic N) is 4. The van der Waals surface area contributed by atoms with Crippen LogP contribution in [0.4, 0.5) is 0 Å². The van der Waals surface area contributed by atoms with Crippen molar-refractivity contribution < 1.29 is 18.3 Å². The highest BCUT2D eigenvalue weighted by Gasteiger charge is 2.48. The maximum atomic E-state index is 12.9. The minimum absolute atomic E-state index is 0.0285. The number of hydrogen-bond donors (Lipinski definition) is 1. The van der Waals surface area contributed by atoms with E-state index in [0.717, 1.165) is 5.56 Å². The van der Waals surface area contributed by atoms with Crippen LogP contribution in [0.1, 0.15) is 16.1 Å². The predicted molar refractivity (Wildman–Crippen MR) is 97.8 cm³/mol. The molecule has 0 aliphatic carbocycles. The van der Waals surface area contributed by atoms with Crippen LogP contribution in [0.5, 0.6) is 5.75 Å². The third-order valence-electron chi connectivity index (χ3n) is 5.18. The second-order valence-electron chi connectivity index (χ2n) is 6.91. The lowest BCUT2D eigenvalue weighted by molar-refractivity contribution is 0.0299. The number of carbonyl (C=O) groups excluding carboxylic acids is 1. The van der Waals surface area contributed by atoms with E-state index in [1.54, 1.807) is 23.4 Å². The number of amides is 1. The number of piperazine rings is 1. The van der Waals surface area contributed by atoms with E-state index in [9.17, 15) is 18.3 Å². The Kier molecular flexibility index (Phi) is 4.56. The van der Waals surface area contributed by atoms with Crippen molar-refractivity contribution in [1.82, 2.24) is 19.8 Å². The molecule has 1 amide bonds. The van der Waals surface area contributed by atoms with Crippen molar-refractivity contribution >= 4 is 15.7 Å². The molecule has 2 atom stereocenters. The Hall–Kier alpha value is -2.52. The first-order chi connectivity index (χ1) is 12.9. The number of rotatable bonds is 3. The van der Waals surface area contributed by atoms with Gasteiger partial charge in [-0.05, 0) is 29.8 Å². The van der Waals surface area contributed by atoms with Crippen LogP contribution in [-0.2, 0) is 16.4 Å². The molecule has 1 N–H and O–H groups in total. The summed E-state index contributed by atoms with van der Waals surface area (Å²) in [6.07, 6.45) is 4.86. The first-order valence-electron chi connectivity index (χ1n) is 8.73. The number of fused-ring (bicyclic) bond motifs is 1. The van der Waals surface area contributed by atoms with Crippen LogP contribution < -0.4 is 0 Å². The van der Waals surface area contributed by atoms with Crippen molar-refractivity contribution in [3.05, 3.63) is 54.1 Å². The highest BCUT2D eigenvalue weighted by atomic mass is 32.2. The minimum atomic E-state index is -3.24. The summed E-state index contributed by atoms with van der Waals surface area (Å²) in [5, 5.41) is 9.96. The SMILES string of the molecule is O=C(c1ncccc1O)N1CCN(Cc2ccncc2)C2CS(=O)(=O)CC21. The molecule has 2 fully saturated rings. The van der Waals surface area contributed by atoms with E-state index < -0.39 is 21.8 Å². The van der Waals surface area contributed by atoms with Crippen molar-refractivity contribution in [2.75, 3.05) is 24.6 Å². The van der Waals surface area contributed by atoms with Crippen LogP contribution in [0.15, 0.2) is 42.9 Å². The van der Waals surface area contributed by atoms with Gasteiger partial charge in [-0.3, -0.25) is 14.7 Å². The molecule has 27 heavy (non-hydrogen) atoms. The smallest absolute Gasteiger partial charge is 0.276 e. The van der Waals surface area contributed by atoms with Gasteiger partial charge in [0.05, 0.1) is 17.5 Å². The molecular weight excluding hydrogens is 368 g/mol. The molecule has 142 valence electrons. The lowest BCUT2D eigenvalue weighted by Crippen LogP contribution is -2.60. The second kappa shape index (κ2) is 6.90. The van der Waals surface area contributed by atoms with Gasteiger partial charge in [0.1, 0.15) is 5.75 Å². The first-order valence-corrected chi connectivity index (χ1v) is 10.5. The Balaban J connectivity index is 1.60. The van der Waals surface area contributed by atoms with Crippen molar-refractivity contribution in [2.45, 2.75) is 18.6 Å². The van der Waals surface area contributed by atoms with Crippen molar-refractivity contribution in [3.8, 4) is 5.75 Å². The number of hydrogen-bond acceptors (Lipinski definition) is 7. The molecule has 0 radical (unpaired) electrons. The van der Waals surface area contributed by atoms with Crippen LogP contribution in [0, 0.1) is 0 Å². The molecule has 2 aliphatic rings. The van der Waals surface area contributed by atoms with E-state index in [0.29, 0.717) is 19.6 Å². The summed E-state index contributed by atoms with van der Waals surface area (Å²) in [5.41, 5.74) is 1.01. The van der Waals surface area contributed by atoms with E-state index in [-0.39, 0.29) is 29.0 Å². The maximum Gasteiger partial charge on any atom is 0.276 e. The average molecular weight is 388 g/mol. The molecule has 4 heterocycles. The van der Waals surface area contributed by atoms with Crippen LogP contribution in [0.25, 0.3) is 0 Å². The Morgan fingerprint density at radius 2 is 1.85 bits per heavy atom. The van der Waals surface area contributed by atoms with Gasteiger partial charge in [-0.2, -0.15) is 0 Å². The topological polar surface area (TPSA) is 104 Å². The van der Waals surface area contributed by atoms with Gasteiger partial charge in [-0.1, -0.05) is 0 Å². The van der Waals surface area contributed by atoms with Crippen LogP contribution in [0.3, 0.4) is 0 Å². The van der Waals surface area contributed by atoms with Crippen LogP contribution in [-0.4, -0.2) is 75.9 Å². The molecule has 2 aliphatic heterocycles. The van der Waals surface area contributed by atoms with Crippen molar-refractivity contribution in [3.63, 3.8) is 0 Å².